The number of nitrogens with zero attached hydrogens (tertiary/aromatic N) is 1. The summed E-state index contributed by atoms with van der Waals surface area (Å²) in [5, 5.41) is 3.37. The average Bonchev–Trinajstić information content (AvgIpc) is 2.60. The highest BCUT2D eigenvalue weighted by Gasteiger charge is 2.09. The van der Waals surface area contributed by atoms with Crippen molar-refractivity contribution in [3.8, 4) is 5.75 Å². The Bertz CT molecular complexity index is 361. The van der Waals surface area contributed by atoms with Gasteiger partial charge in [0.15, 0.2) is 0 Å². The van der Waals surface area contributed by atoms with E-state index in [1.165, 1.54) is 11.1 Å². The summed E-state index contributed by atoms with van der Waals surface area (Å²) in [5.41, 5.74) is 2.66. The number of rotatable bonds is 4. The van der Waals surface area contributed by atoms with Crippen LogP contribution in [0.4, 0.5) is 0 Å². The van der Waals surface area contributed by atoms with Crippen LogP contribution in [0, 0.1) is 0 Å². The van der Waals surface area contributed by atoms with Crippen molar-refractivity contribution >= 4 is 0 Å². The molecule has 1 heterocycles. The molecule has 0 saturated carbocycles. The normalized spacial score (nSPS) is 15.2. The molecule has 0 radical (unpaired) electrons. The molecule has 1 N–H and O–H groups in total. The van der Waals surface area contributed by atoms with Crippen LogP contribution in [0.15, 0.2) is 18.2 Å². The zero-order valence-corrected chi connectivity index (χ0v) is 10.8. The van der Waals surface area contributed by atoms with Crippen molar-refractivity contribution in [1.82, 2.24) is 10.2 Å². The highest BCUT2D eigenvalue weighted by Crippen LogP contribution is 2.22. The number of hydrogen-bond acceptors (Lipinski definition) is 3. The first-order chi connectivity index (χ1) is 8.33. The van der Waals surface area contributed by atoms with Gasteiger partial charge >= 0.3 is 0 Å². The maximum absolute atomic E-state index is 5.68. The Labute approximate surface area is 104 Å². The third-order valence-corrected chi connectivity index (χ3v) is 3.28. The molecule has 1 aliphatic heterocycles. The van der Waals surface area contributed by atoms with E-state index in [2.05, 4.69) is 42.3 Å². The Balaban J connectivity index is 2.12. The molecule has 0 spiro atoms. The van der Waals surface area contributed by atoms with Crippen LogP contribution in [0.25, 0.3) is 0 Å². The summed E-state index contributed by atoms with van der Waals surface area (Å²) in [7, 11) is 0. The van der Waals surface area contributed by atoms with E-state index in [-0.39, 0.29) is 0 Å². The van der Waals surface area contributed by atoms with Gasteiger partial charge < -0.3 is 10.1 Å². The van der Waals surface area contributed by atoms with Crippen LogP contribution in [0.2, 0.25) is 0 Å². The van der Waals surface area contributed by atoms with Gasteiger partial charge in [0, 0.05) is 25.2 Å². The number of benzene rings is 1. The van der Waals surface area contributed by atoms with Gasteiger partial charge in [-0.15, -0.1) is 0 Å². The van der Waals surface area contributed by atoms with E-state index < -0.39 is 0 Å². The molecule has 0 fully saturated rings. The molecule has 17 heavy (non-hydrogen) atoms. The quantitative estimate of drug-likeness (QED) is 0.862. The molecule has 2 rings (SSSR count). The number of hydrogen-bond donors (Lipinski definition) is 1. The molecule has 3 heteroatoms. The van der Waals surface area contributed by atoms with E-state index in [0.29, 0.717) is 0 Å². The largest absolute Gasteiger partial charge is 0.492 e. The summed E-state index contributed by atoms with van der Waals surface area (Å²) in [4.78, 5) is 2.42. The SMILES string of the molecule is CCN(CC)Cc1ccc2c(c1)CNCCO2. The van der Waals surface area contributed by atoms with Crippen molar-refractivity contribution < 1.29 is 4.74 Å². The van der Waals surface area contributed by atoms with Gasteiger partial charge in [0.05, 0.1) is 0 Å². The van der Waals surface area contributed by atoms with Crippen LogP contribution >= 0.6 is 0 Å². The van der Waals surface area contributed by atoms with Gasteiger partial charge in [-0.1, -0.05) is 19.9 Å². The molecule has 0 bridgehead atoms. The predicted octanol–water partition coefficient (Wildman–Crippen LogP) is 2.01. The lowest BCUT2D eigenvalue weighted by Gasteiger charge is -2.18. The molecule has 3 nitrogen and oxygen atoms in total. The van der Waals surface area contributed by atoms with E-state index in [4.69, 9.17) is 4.74 Å². The first kappa shape index (κ1) is 12.4. The molecule has 0 atom stereocenters. The number of fused-ring (bicyclic) bond motifs is 1. The summed E-state index contributed by atoms with van der Waals surface area (Å²) in [6.07, 6.45) is 0. The van der Waals surface area contributed by atoms with Crippen LogP contribution in [0.5, 0.6) is 5.75 Å². The molecule has 1 aromatic carbocycles. The molecular weight excluding hydrogens is 212 g/mol. The molecule has 0 aliphatic carbocycles. The first-order valence-corrected chi connectivity index (χ1v) is 6.51. The third-order valence-electron chi connectivity index (χ3n) is 3.28. The van der Waals surface area contributed by atoms with Gasteiger partial charge in [-0.05, 0) is 30.8 Å². The minimum absolute atomic E-state index is 0.766. The number of ether oxygens (including phenoxy) is 1. The lowest BCUT2D eigenvalue weighted by Crippen LogP contribution is -2.22. The van der Waals surface area contributed by atoms with Crippen LogP contribution in [-0.4, -0.2) is 31.1 Å². The summed E-state index contributed by atoms with van der Waals surface area (Å²) < 4.78 is 5.68. The lowest BCUT2D eigenvalue weighted by atomic mass is 10.1. The van der Waals surface area contributed by atoms with Gasteiger partial charge in [0.1, 0.15) is 12.4 Å². The van der Waals surface area contributed by atoms with Crippen molar-refractivity contribution in [3.63, 3.8) is 0 Å². The van der Waals surface area contributed by atoms with Gasteiger partial charge in [-0.3, -0.25) is 4.90 Å². The van der Waals surface area contributed by atoms with E-state index in [1.54, 1.807) is 0 Å². The highest BCUT2D eigenvalue weighted by atomic mass is 16.5. The van der Waals surface area contributed by atoms with Crippen LogP contribution in [0.1, 0.15) is 25.0 Å². The molecular formula is C14H22N2O. The average molecular weight is 234 g/mol. The highest BCUT2D eigenvalue weighted by molar-refractivity contribution is 5.37. The van der Waals surface area contributed by atoms with Gasteiger partial charge in [-0.25, -0.2) is 0 Å². The monoisotopic (exact) mass is 234 g/mol. The minimum atomic E-state index is 0.766. The molecule has 1 aliphatic rings. The Hall–Kier alpha value is -1.06. The topological polar surface area (TPSA) is 24.5 Å². The van der Waals surface area contributed by atoms with Gasteiger partial charge in [-0.2, -0.15) is 0 Å². The third kappa shape index (κ3) is 3.20. The summed E-state index contributed by atoms with van der Waals surface area (Å²) in [6.45, 7) is 10.3. The van der Waals surface area contributed by atoms with Crippen molar-refractivity contribution in [3.05, 3.63) is 29.3 Å². The zero-order chi connectivity index (χ0) is 12.1. The van der Waals surface area contributed by atoms with Crippen LogP contribution in [-0.2, 0) is 13.1 Å². The Morgan fingerprint density at radius 2 is 2.12 bits per heavy atom. The fourth-order valence-corrected chi connectivity index (χ4v) is 2.17. The van der Waals surface area contributed by atoms with E-state index in [9.17, 15) is 0 Å². The standard InChI is InChI=1S/C14H22N2O/c1-3-16(4-2)11-12-5-6-14-13(9-12)10-15-7-8-17-14/h5-6,9,15H,3-4,7-8,10-11H2,1-2H3. The number of nitrogens with one attached hydrogen (secondary N) is 1. The molecule has 0 saturated heterocycles. The van der Waals surface area contributed by atoms with Gasteiger partial charge in [0.2, 0.25) is 0 Å². The Morgan fingerprint density at radius 3 is 2.88 bits per heavy atom. The van der Waals surface area contributed by atoms with Crippen molar-refractivity contribution in [2.24, 2.45) is 0 Å². The van der Waals surface area contributed by atoms with Crippen LogP contribution in [0.3, 0.4) is 0 Å². The van der Waals surface area contributed by atoms with E-state index in [1.807, 2.05) is 0 Å². The predicted molar refractivity (Wildman–Crippen MR) is 70.3 cm³/mol. The minimum Gasteiger partial charge on any atom is -0.492 e. The summed E-state index contributed by atoms with van der Waals surface area (Å²) in [6, 6.07) is 6.57. The second kappa shape index (κ2) is 6.03. The Morgan fingerprint density at radius 1 is 1.29 bits per heavy atom. The molecule has 0 unspecified atom stereocenters. The van der Waals surface area contributed by atoms with E-state index in [0.717, 1.165) is 45.1 Å². The fraction of sp³-hybridized carbons (Fsp3) is 0.571. The zero-order valence-electron chi connectivity index (χ0n) is 10.8. The van der Waals surface area contributed by atoms with Crippen LogP contribution < -0.4 is 10.1 Å². The first-order valence-electron chi connectivity index (χ1n) is 6.51. The van der Waals surface area contributed by atoms with Crippen molar-refractivity contribution in [2.45, 2.75) is 26.9 Å². The molecule has 0 amide bonds. The van der Waals surface area contributed by atoms with Crippen molar-refractivity contribution in [2.75, 3.05) is 26.2 Å². The Kier molecular flexibility index (Phi) is 4.40. The van der Waals surface area contributed by atoms with Crippen molar-refractivity contribution in [1.29, 1.82) is 0 Å². The lowest BCUT2D eigenvalue weighted by molar-refractivity contribution is 0.295. The molecule has 0 aromatic heterocycles. The summed E-state index contributed by atoms with van der Waals surface area (Å²) in [5.74, 6) is 1.04. The smallest absolute Gasteiger partial charge is 0.123 e. The maximum Gasteiger partial charge on any atom is 0.123 e. The molecule has 94 valence electrons. The second-order valence-corrected chi connectivity index (χ2v) is 4.43. The fourth-order valence-electron chi connectivity index (χ4n) is 2.17. The van der Waals surface area contributed by atoms with E-state index >= 15 is 0 Å². The maximum atomic E-state index is 5.68. The second-order valence-electron chi connectivity index (χ2n) is 4.43. The molecule has 1 aromatic rings. The van der Waals surface area contributed by atoms with Gasteiger partial charge in [0.25, 0.3) is 0 Å². The summed E-state index contributed by atoms with van der Waals surface area (Å²) >= 11 is 0.